The van der Waals surface area contributed by atoms with Crippen LogP contribution in [0.15, 0.2) is 42.5 Å². The van der Waals surface area contributed by atoms with Gasteiger partial charge in [0.1, 0.15) is 23.4 Å². The fourth-order valence-electron chi connectivity index (χ4n) is 4.29. The van der Waals surface area contributed by atoms with Crippen LogP contribution in [0.1, 0.15) is 62.8 Å². The third kappa shape index (κ3) is 7.90. The molecule has 2 aromatic rings. The van der Waals surface area contributed by atoms with Gasteiger partial charge in [-0.2, -0.15) is 11.8 Å². The highest BCUT2D eigenvalue weighted by Crippen LogP contribution is 2.37. The van der Waals surface area contributed by atoms with E-state index in [4.69, 9.17) is 4.74 Å². The number of aromatic hydroxyl groups is 1. The van der Waals surface area contributed by atoms with Crippen LogP contribution in [0.3, 0.4) is 0 Å². The molecule has 3 amide bonds. The molecule has 38 heavy (non-hydrogen) atoms. The van der Waals surface area contributed by atoms with Crippen LogP contribution in [-0.4, -0.2) is 57.6 Å². The molecule has 2 aromatic carbocycles. The van der Waals surface area contributed by atoms with E-state index in [1.807, 2.05) is 38.3 Å². The van der Waals surface area contributed by atoms with E-state index in [1.54, 1.807) is 49.6 Å². The number of hydrogen-bond acceptors (Lipinski definition) is 6. The molecule has 0 bridgehead atoms. The number of nitrogens with one attached hydrogen (secondary N) is 2. The normalized spacial score (nSPS) is 14.8. The summed E-state index contributed by atoms with van der Waals surface area (Å²) in [6.07, 6.45) is 3.18. The Balaban J connectivity index is 1.99. The van der Waals surface area contributed by atoms with Crippen molar-refractivity contribution in [1.29, 1.82) is 0 Å². The number of aryl methyl sites for hydroxylation is 2. The number of thioether (sulfide) groups is 1. The van der Waals surface area contributed by atoms with Gasteiger partial charge in [-0.1, -0.05) is 30.3 Å². The Bertz CT molecular complexity index is 1120. The summed E-state index contributed by atoms with van der Waals surface area (Å²) in [5.41, 5.74) is 2.39. The van der Waals surface area contributed by atoms with E-state index in [1.165, 1.54) is 12.1 Å². The van der Waals surface area contributed by atoms with Crippen molar-refractivity contribution >= 4 is 35.4 Å². The Hall–Kier alpha value is -3.20. The first kappa shape index (κ1) is 29.4. The molecule has 0 aromatic heterocycles. The molecular formula is C29H39N3O5S. The fraction of sp³-hybridized carbons (Fsp3) is 0.483. The Morgan fingerprint density at radius 3 is 2.21 bits per heavy atom. The van der Waals surface area contributed by atoms with E-state index in [0.29, 0.717) is 23.4 Å². The maximum absolute atomic E-state index is 14.1. The summed E-state index contributed by atoms with van der Waals surface area (Å²) in [7, 11) is 0. The van der Waals surface area contributed by atoms with Gasteiger partial charge in [0.25, 0.3) is 5.91 Å². The molecule has 0 radical (unpaired) electrons. The molecular weight excluding hydrogens is 502 g/mol. The molecule has 9 heteroatoms. The highest BCUT2D eigenvalue weighted by Gasteiger charge is 2.44. The van der Waals surface area contributed by atoms with Crippen LogP contribution >= 0.6 is 11.8 Å². The van der Waals surface area contributed by atoms with Crippen molar-refractivity contribution in [3.63, 3.8) is 0 Å². The first-order valence-electron chi connectivity index (χ1n) is 12.9. The lowest BCUT2D eigenvalue weighted by molar-refractivity contribution is -0.141. The van der Waals surface area contributed by atoms with Gasteiger partial charge in [0, 0.05) is 11.7 Å². The largest absolute Gasteiger partial charge is 0.508 e. The average Bonchev–Trinajstić information content (AvgIpc) is 3.67. The second-order valence-corrected chi connectivity index (χ2v) is 11.7. The van der Waals surface area contributed by atoms with Crippen LogP contribution in [0.4, 0.5) is 10.5 Å². The highest BCUT2D eigenvalue weighted by molar-refractivity contribution is 7.98. The van der Waals surface area contributed by atoms with Crippen LogP contribution < -0.4 is 10.6 Å². The van der Waals surface area contributed by atoms with Crippen LogP contribution in [0.5, 0.6) is 5.75 Å². The second kappa shape index (κ2) is 12.6. The number of carbonyl (C=O) groups is 3. The lowest BCUT2D eigenvalue weighted by Gasteiger charge is -2.35. The third-order valence-corrected chi connectivity index (χ3v) is 6.90. The Morgan fingerprint density at radius 2 is 1.68 bits per heavy atom. The Morgan fingerprint density at radius 1 is 1.08 bits per heavy atom. The quantitative estimate of drug-likeness (QED) is 0.375. The Kier molecular flexibility index (Phi) is 9.71. The maximum atomic E-state index is 14.1. The van der Waals surface area contributed by atoms with Gasteiger partial charge < -0.3 is 25.4 Å². The molecule has 3 rings (SSSR count). The van der Waals surface area contributed by atoms with Gasteiger partial charge in [-0.05, 0) is 94.7 Å². The van der Waals surface area contributed by atoms with Crippen LogP contribution in [0.2, 0.25) is 0 Å². The predicted molar refractivity (Wildman–Crippen MR) is 151 cm³/mol. The van der Waals surface area contributed by atoms with Gasteiger partial charge in [0.15, 0.2) is 0 Å². The topological polar surface area (TPSA) is 108 Å². The molecule has 0 aliphatic heterocycles. The van der Waals surface area contributed by atoms with Crippen molar-refractivity contribution in [3.8, 4) is 5.75 Å². The standard InChI is InChI=1S/C29H39N3O5S/c1-18-8-7-9-19(2)24(18)31-26(34)25(20-10-14-22(33)15-11-20)32(21-12-13-21)27(35)23(16-17-38-6)30-28(36)37-29(3,4)5/h7-11,14-15,21,23,25,33H,12-13,16-17H2,1-6H3,(H,30,36)(H,31,34). The number of para-hydroxylation sites is 1. The van der Waals surface area contributed by atoms with E-state index in [0.717, 1.165) is 24.0 Å². The minimum atomic E-state index is -0.952. The number of ether oxygens (including phenoxy) is 1. The van der Waals surface area contributed by atoms with Gasteiger partial charge >= 0.3 is 6.09 Å². The monoisotopic (exact) mass is 541 g/mol. The van der Waals surface area contributed by atoms with E-state index in [2.05, 4.69) is 10.6 Å². The molecule has 206 valence electrons. The van der Waals surface area contributed by atoms with E-state index in [-0.39, 0.29) is 23.6 Å². The zero-order chi connectivity index (χ0) is 28.0. The maximum Gasteiger partial charge on any atom is 0.408 e. The minimum Gasteiger partial charge on any atom is -0.508 e. The summed E-state index contributed by atoms with van der Waals surface area (Å²) in [6.45, 7) is 9.14. The van der Waals surface area contributed by atoms with E-state index < -0.39 is 23.8 Å². The third-order valence-electron chi connectivity index (χ3n) is 6.26. The molecule has 1 fully saturated rings. The number of nitrogens with zero attached hydrogens (tertiary/aromatic N) is 1. The number of carbonyl (C=O) groups excluding carboxylic acids is 3. The number of benzene rings is 2. The summed E-state index contributed by atoms with van der Waals surface area (Å²) in [4.78, 5) is 42.3. The van der Waals surface area contributed by atoms with Crippen molar-refractivity contribution < 1.29 is 24.2 Å². The molecule has 8 nitrogen and oxygen atoms in total. The molecule has 2 atom stereocenters. The van der Waals surface area contributed by atoms with Gasteiger partial charge in [-0.3, -0.25) is 9.59 Å². The summed E-state index contributed by atoms with van der Waals surface area (Å²) >= 11 is 1.57. The summed E-state index contributed by atoms with van der Waals surface area (Å²) in [6, 6.07) is 10.2. The van der Waals surface area contributed by atoms with Gasteiger partial charge in [0.2, 0.25) is 5.91 Å². The zero-order valence-electron chi connectivity index (χ0n) is 23.0. The SMILES string of the molecule is CSCCC(NC(=O)OC(C)(C)C)C(=O)N(C1CC1)C(C(=O)Nc1c(C)cccc1C)c1ccc(O)cc1. The molecule has 1 aliphatic rings. The van der Waals surface area contributed by atoms with Crippen LogP contribution in [0, 0.1) is 13.8 Å². The number of amides is 3. The molecule has 1 saturated carbocycles. The molecule has 1 aliphatic carbocycles. The molecule has 2 unspecified atom stereocenters. The van der Waals surface area contributed by atoms with E-state index in [9.17, 15) is 19.5 Å². The van der Waals surface area contributed by atoms with Gasteiger partial charge in [-0.15, -0.1) is 0 Å². The minimum absolute atomic E-state index is 0.0661. The van der Waals surface area contributed by atoms with Crippen LogP contribution in [-0.2, 0) is 14.3 Å². The van der Waals surface area contributed by atoms with Gasteiger partial charge in [-0.25, -0.2) is 4.79 Å². The smallest absolute Gasteiger partial charge is 0.408 e. The molecule has 0 spiro atoms. The van der Waals surface area contributed by atoms with Crippen molar-refractivity contribution in [2.75, 3.05) is 17.3 Å². The Labute approximate surface area is 229 Å². The number of hydrogen-bond donors (Lipinski definition) is 3. The average molecular weight is 542 g/mol. The second-order valence-electron chi connectivity index (χ2n) is 10.7. The van der Waals surface area contributed by atoms with Crippen molar-refractivity contribution in [3.05, 3.63) is 59.2 Å². The lowest BCUT2D eigenvalue weighted by Crippen LogP contribution is -2.53. The zero-order valence-corrected chi connectivity index (χ0v) is 23.9. The summed E-state index contributed by atoms with van der Waals surface area (Å²) < 4.78 is 5.43. The predicted octanol–water partition coefficient (Wildman–Crippen LogP) is 5.33. The number of anilines is 1. The first-order chi connectivity index (χ1) is 17.9. The highest BCUT2D eigenvalue weighted by atomic mass is 32.2. The van der Waals surface area contributed by atoms with Crippen molar-refractivity contribution in [1.82, 2.24) is 10.2 Å². The number of alkyl carbamates (subject to hydrolysis) is 1. The number of phenols is 1. The lowest BCUT2D eigenvalue weighted by atomic mass is 10.0. The molecule has 0 heterocycles. The number of rotatable bonds is 10. The first-order valence-corrected chi connectivity index (χ1v) is 14.3. The molecule has 0 saturated heterocycles. The molecule has 3 N–H and O–H groups in total. The fourth-order valence-corrected chi connectivity index (χ4v) is 4.76. The van der Waals surface area contributed by atoms with Crippen LogP contribution in [0.25, 0.3) is 0 Å². The number of phenolic OH excluding ortho intramolecular Hbond substituents is 1. The van der Waals surface area contributed by atoms with Crippen molar-refractivity contribution in [2.24, 2.45) is 0 Å². The summed E-state index contributed by atoms with van der Waals surface area (Å²) in [5.74, 6) is 0.0242. The summed E-state index contributed by atoms with van der Waals surface area (Å²) in [5, 5.41) is 15.7. The van der Waals surface area contributed by atoms with Crippen molar-refractivity contribution in [2.45, 2.75) is 77.6 Å². The van der Waals surface area contributed by atoms with E-state index >= 15 is 0 Å². The van der Waals surface area contributed by atoms with Gasteiger partial charge in [0.05, 0.1) is 0 Å².